The van der Waals surface area contributed by atoms with Crippen molar-refractivity contribution >= 4 is 12.2 Å². The first-order valence-corrected chi connectivity index (χ1v) is 9.88. The molecule has 4 aliphatic carbocycles. The molecule has 1 N–H and O–H groups in total. The van der Waals surface area contributed by atoms with Crippen LogP contribution < -0.4 is 5.43 Å². The lowest BCUT2D eigenvalue weighted by atomic mass is 9.53. The van der Waals surface area contributed by atoms with Crippen LogP contribution in [0.2, 0.25) is 0 Å². The molecular formula is C20H34N2O4. The number of carbonyl (C=O) groups is 2. The third kappa shape index (κ3) is 4.26. The van der Waals surface area contributed by atoms with Crippen LogP contribution in [0.5, 0.6) is 0 Å². The van der Waals surface area contributed by atoms with Gasteiger partial charge >= 0.3 is 12.2 Å². The summed E-state index contributed by atoms with van der Waals surface area (Å²) >= 11 is 0. The molecule has 0 spiro atoms. The van der Waals surface area contributed by atoms with Gasteiger partial charge in [0.05, 0.1) is 5.54 Å². The molecule has 0 aliphatic heterocycles. The number of carbonyl (C=O) groups excluding carboxylic acids is 2. The predicted octanol–water partition coefficient (Wildman–Crippen LogP) is 4.63. The number of ether oxygens (including phenoxy) is 2. The van der Waals surface area contributed by atoms with E-state index in [1.54, 1.807) is 0 Å². The van der Waals surface area contributed by atoms with E-state index in [9.17, 15) is 9.59 Å². The molecule has 4 rings (SSSR count). The van der Waals surface area contributed by atoms with Crippen LogP contribution in [0, 0.1) is 17.8 Å². The van der Waals surface area contributed by atoms with E-state index in [4.69, 9.17) is 9.47 Å². The fraction of sp³-hybridized carbons (Fsp3) is 0.900. The van der Waals surface area contributed by atoms with Crippen LogP contribution in [0.3, 0.4) is 0 Å². The summed E-state index contributed by atoms with van der Waals surface area (Å²) in [6.45, 7) is 11.0. The Hall–Kier alpha value is -1.46. The molecule has 0 aromatic carbocycles. The number of hydrogen-bond donors (Lipinski definition) is 1. The minimum Gasteiger partial charge on any atom is -0.443 e. The lowest BCUT2D eigenvalue weighted by Crippen LogP contribution is -2.67. The van der Waals surface area contributed by atoms with Gasteiger partial charge in [0.25, 0.3) is 0 Å². The van der Waals surface area contributed by atoms with Crippen LogP contribution >= 0.6 is 0 Å². The summed E-state index contributed by atoms with van der Waals surface area (Å²) in [5, 5.41) is 1.48. The number of rotatable bonds is 1. The van der Waals surface area contributed by atoms with E-state index in [1.165, 1.54) is 24.3 Å². The molecule has 6 heteroatoms. The SMILES string of the molecule is CC(C)(C)OC(=O)NN(C(=O)OC(C)(C)C)C12CC3CC(CC(C3)C1)C2. The Balaban J connectivity index is 1.83. The molecule has 4 fully saturated rings. The molecule has 6 nitrogen and oxygen atoms in total. The molecule has 148 valence electrons. The summed E-state index contributed by atoms with van der Waals surface area (Å²) in [5.41, 5.74) is 1.17. The molecule has 2 amide bonds. The Bertz CT molecular complexity index is 538. The van der Waals surface area contributed by atoms with Crippen molar-refractivity contribution in [3.63, 3.8) is 0 Å². The summed E-state index contributed by atoms with van der Waals surface area (Å²) in [6.07, 6.45) is 5.51. The molecule has 0 radical (unpaired) electrons. The third-order valence-corrected chi connectivity index (χ3v) is 5.66. The number of amides is 2. The second-order valence-corrected chi connectivity index (χ2v) is 10.6. The summed E-state index contributed by atoms with van der Waals surface area (Å²) < 4.78 is 11.0. The minimum absolute atomic E-state index is 0.339. The van der Waals surface area contributed by atoms with Crippen LogP contribution in [0.15, 0.2) is 0 Å². The summed E-state index contributed by atoms with van der Waals surface area (Å²) in [7, 11) is 0. The van der Waals surface area contributed by atoms with Gasteiger partial charge < -0.3 is 9.47 Å². The van der Waals surface area contributed by atoms with Gasteiger partial charge in [0, 0.05) is 0 Å². The first kappa shape index (κ1) is 19.3. The zero-order valence-corrected chi connectivity index (χ0v) is 17.1. The van der Waals surface area contributed by atoms with Crippen molar-refractivity contribution in [3.8, 4) is 0 Å². The topological polar surface area (TPSA) is 67.9 Å². The lowest BCUT2D eigenvalue weighted by molar-refractivity contribution is -0.108. The third-order valence-electron chi connectivity index (χ3n) is 5.66. The second kappa shape index (κ2) is 6.31. The highest BCUT2D eigenvalue weighted by Gasteiger charge is 2.56. The fourth-order valence-corrected chi connectivity index (χ4v) is 5.40. The van der Waals surface area contributed by atoms with Gasteiger partial charge in [-0.1, -0.05) is 0 Å². The smallest absolute Gasteiger partial charge is 0.429 e. The Morgan fingerprint density at radius 1 is 0.846 bits per heavy atom. The largest absolute Gasteiger partial charge is 0.443 e. The first-order valence-electron chi connectivity index (χ1n) is 9.88. The van der Waals surface area contributed by atoms with E-state index < -0.39 is 23.4 Å². The van der Waals surface area contributed by atoms with E-state index >= 15 is 0 Å². The van der Waals surface area contributed by atoms with E-state index in [0.717, 1.165) is 19.3 Å². The average Bonchev–Trinajstić information content (AvgIpc) is 2.39. The minimum atomic E-state index is -0.620. The Morgan fingerprint density at radius 2 is 1.27 bits per heavy atom. The van der Waals surface area contributed by atoms with Crippen LogP contribution in [-0.4, -0.2) is 33.9 Å². The number of hydrogen-bond acceptors (Lipinski definition) is 4. The normalized spacial score (nSPS) is 32.9. The van der Waals surface area contributed by atoms with E-state index in [2.05, 4.69) is 5.43 Å². The van der Waals surface area contributed by atoms with Gasteiger partial charge in [-0.25, -0.2) is 20.0 Å². The van der Waals surface area contributed by atoms with Crippen molar-refractivity contribution in [3.05, 3.63) is 0 Å². The predicted molar refractivity (Wildman–Crippen MR) is 98.3 cm³/mol. The molecule has 0 atom stereocenters. The molecule has 0 unspecified atom stereocenters. The maximum absolute atomic E-state index is 13.0. The number of nitrogens with one attached hydrogen (secondary N) is 1. The van der Waals surface area contributed by atoms with Crippen molar-refractivity contribution in [1.82, 2.24) is 10.4 Å². The first-order chi connectivity index (χ1) is 11.9. The van der Waals surface area contributed by atoms with Gasteiger partial charge in [-0.15, -0.1) is 0 Å². The van der Waals surface area contributed by atoms with Crippen molar-refractivity contribution in [2.45, 2.75) is 96.8 Å². The molecule has 0 saturated heterocycles. The van der Waals surface area contributed by atoms with Gasteiger partial charge in [-0.05, 0) is 97.8 Å². The Kier molecular flexibility index (Phi) is 4.68. The highest BCUT2D eigenvalue weighted by Crippen LogP contribution is 2.57. The van der Waals surface area contributed by atoms with Gasteiger partial charge in [-0.3, -0.25) is 0 Å². The van der Waals surface area contributed by atoms with Crippen molar-refractivity contribution in [2.75, 3.05) is 0 Å². The number of nitrogens with zero attached hydrogens (tertiary/aromatic N) is 1. The standard InChI is InChI=1S/C20H34N2O4/c1-18(2,3)25-16(23)21-22(17(24)26-19(4,5)6)20-10-13-7-14(11-20)9-15(8-13)12-20/h13-15H,7-12H2,1-6H3,(H,21,23). The lowest BCUT2D eigenvalue weighted by Gasteiger charge is -2.59. The maximum Gasteiger partial charge on any atom is 0.429 e. The van der Waals surface area contributed by atoms with Crippen LogP contribution in [0.4, 0.5) is 9.59 Å². The Morgan fingerprint density at radius 3 is 1.65 bits per heavy atom. The van der Waals surface area contributed by atoms with Gasteiger partial charge in [0.1, 0.15) is 11.2 Å². The van der Waals surface area contributed by atoms with Crippen LogP contribution in [0.1, 0.15) is 80.1 Å². The highest BCUT2D eigenvalue weighted by atomic mass is 16.6. The summed E-state index contributed by atoms with van der Waals surface area (Å²) in [5.74, 6) is 1.94. The summed E-state index contributed by atoms with van der Waals surface area (Å²) in [6, 6.07) is 0. The van der Waals surface area contributed by atoms with Crippen LogP contribution in [-0.2, 0) is 9.47 Å². The second-order valence-electron chi connectivity index (χ2n) is 10.6. The molecule has 0 aromatic rings. The zero-order chi connectivity index (χ0) is 19.3. The molecule has 4 saturated carbocycles. The summed E-state index contributed by atoms with van der Waals surface area (Å²) in [4.78, 5) is 25.5. The Labute approximate surface area is 156 Å². The van der Waals surface area contributed by atoms with E-state index in [1.807, 2.05) is 41.5 Å². The van der Waals surface area contributed by atoms with E-state index in [0.29, 0.717) is 17.8 Å². The van der Waals surface area contributed by atoms with Crippen molar-refractivity contribution in [1.29, 1.82) is 0 Å². The highest BCUT2D eigenvalue weighted by molar-refractivity contribution is 5.75. The van der Waals surface area contributed by atoms with Gasteiger partial charge in [-0.2, -0.15) is 0 Å². The van der Waals surface area contributed by atoms with Crippen molar-refractivity contribution in [2.24, 2.45) is 17.8 Å². The average molecular weight is 367 g/mol. The van der Waals surface area contributed by atoms with Crippen LogP contribution in [0.25, 0.3) is 0 Å². The molecule has 4 aliphatic rings. The molecule has 26 heavy (non-hydrogen) atoms. The van der Waals surface area contributed by atoms with Gasteiger partial charge in [0.15, 0.2) is 0 Å². The quantitative estimate of drug-likeness (QED) is 0.687. The van der Waals surface area contributed by atoms with Crippen molar-refractivity contribution < 1.29 is 19.1 Å². The molecule has 0 heterocycles. The van der Waals surface area contributed by atoms with E-state index in [-0.39, 0.29) is 5.54 Å². The van der Waals surface area contributed by atoms with Gasteiger partial charge in [0.2, 0.25) is 0 Å². The fourth-order valence-electron chi connectivity index (χ4n) is 5.40. The molecule has 0 aromatic heterocycles. The molecule has 4 bridgehead atoms. The zero-order valence-electron chi connectivity index (χ0n) is 17.1. The monoisotopic (exact) mass is 366 g/mol. The maximum atomic E-state index is 13.0. The molecular weight excluding hydrogens is 332 g/mol. The number of hydrazine groups is 1.